The Kier molecular flexibility index (Phi) is 10.6. The molecular weight excluding hydrogens is 925 g/mol. The summed E-state index contributed by atoms with van der Waals surface area (Å²) in [6, 6.07) is 77.5. The predicted molar refractivity (Wildman–Crippen MR) is 316 cm³/mol. The Morgan fingerprint density at radius 3 is 0.974 bits per heavy atom. The molecule has 15 rings (SSSR count). The van der Waals surface area contributed by atoms with Crippen molar-refractivity contribution in [2.45, 2.75) is 38.5 Å². The summed E-state index contributed by atoms with van der Waals surface area (Å²) >= 11 is 0. The molecule has 0 atom stereocenters. The molecule has 0 amide bonds. The van der Waals surface area contributed by atoms with Gasteiger partial charge < -0.3 is 29.4 Å². The van der Waals surface area contributed by atoms with Crippen molar-refractivity contribution < 1.29 is 0 Å². The highest BCUT2D eigenvalue weighted by atomic mass is 15.4. The van der Waals surface area contributed by atoms with Gasteiger partial charge in [0.15, 0.2) is 0 Å². The van der Waals surface area contributed by atoms with Crippen molar-refractivity contribution in [3.8, 4) is 33.4 Å². The quantitative estimate of drug-likeness (QED) is 0.128. The average molecular weight is 983 g/mol. The van der Waals surface area contributed by atoms with Crippen LogP contribution in [-0.2, 0) is 38.5 Å². The first-order valence-electron chi connectivity index (χ1n) is 27.1. The second kappa shape index (κ2) is 18.1. The molecule has 6 aliphatic heterocycles. The zero-order valence-corrected chi connectivity index (χ0v) is 42.9. The van der Waals surface area contributed by atoms with Gasteiger partial charge in [-0.3, -0.25) is 0 Å². The Hall–Kier alpha value is -9.00. The van der Waals surface area contributed by atoms with Crippen LogP contribution in [0.2, 0.25) is 0 Å². The van der Waals surface area contributed by atoms with Gasteiger partial charge in [0.25, 0.3) is 0 Å². The third-order valence-electron chi connectivity index (χ3n) is 16.7. The van der Waals surface area contributed by atoms with E-state index in [1.54, 1.807) is 0 Å². The lowest BCUT2D eigenvalue weighted by Gasteiger charge is -2.32. The number of hydrogen-bond donors (Lipinski definition) is 0. The Morgan fingerprint density at radius 2 is 0.592 bits per heavy atom. The molecule has 0 saturated heterocycles. The Labute approximate surface area is 446 Å². The van der Waals surface area contributed by atoms with E-state index in [4.69, 9.17) is 0 Å². The molecule has 76 heavy (non-hydrogen) atoms. The Morgan fingerprint density at radius 1 is 0.276 bits per heavy atom. The molecule has 368 valence electrons. The molecule has 0 spiro atoms. The van der Waals surface area contributed by atoms with Crippen LogP contribution in [0.15, 0.2) is 225 Å². The smallest absolute Gasteiger partial charge is 0.0996 e. The van der Waals surface area contributed by atoms with Gasteiger partial charge in [-0.15, -0.1) is 0 Å². The van der Waals surface area contributed by atoms with Crippen molar-refractivity contribution in [1.29, 1.82) is 0 Å². The van der Waals surface area contributed by atoms with Crippen molar-refractivity contribution in [2.75, 3.05) is 51.6 Å². The fourth-order valence-corrected chi connectivity index (χ4v) is 12.9. The van der Waals surface area contributed by atoms with Gasteiger partial charge in [-0.25, -0.2) is 0 Å². The van der Waals surface area contributed by atoms with Crippen molar-refractivity contribution in [1.82, 2.24) is 4.90 Å². The SMILES string of the molecule is CN1C=C2c3ccccc3-c3cc(CCc4cc(CCc5ccc6c(c5)-c5ccccc5C5=CN(c7ccccc7)CN56)cc(CCc5ccc6c(c5)-c5ccccc5C5=CN(c7ccccc7)CN56)c4)ccc3N2C1. The summed E-state index contributed by atoms with van der Waals surface area (Å²) in [5.74, 6) is 0. The lowest BCUT2D eigenvalue weighted by atomic mass is 9.88. The number of rotatable bonds is 11. The normalized spacial score (nSPS) is 15.1. The van der Waals surface area contributed by atoms with Gasteiger partial charge in [-0.1, -0.05) is 146 Å². The number of para-hydroxylation sites is 2. The maximum absolute atomic E-state index is 2.51. The van der Waals surface area contributed by atoms with E-state index < -0.39 is 0 Å². The summed E-state index contributed by atoms with van der Waals surface area (Å²) in [5.41, 5.74) is 30.4. The van der Waals surface area contributed by atoms with Gasteiger partial charge in [0.05, 0.1) is 54.2 Å². The van der Waals surface area contributed by atoms with Crippen molar-refractivity contribution in [3.05, 3.63) is 275 Å². The summed E-state index contributed by atoms with van der Waals surface area (Å²) < 4.78 is 0. The lowest BCUT2D eigenvalue weighted by molar-refractivity contribution is 0.496. The van der Waals surface area contributed by atoms with Crippen molar-refractivity contribution >= 4 is 45.5 Å². The van der Waals surface area contributed by atoms with Crippen LogP contribution in [0.25, 0.3) is 50.5 Å². The molecule has 9 aromatic carbocycles. The molecule has 9 aromatic rings. The summed E-state index contributed by atoms with van der Waals surface area (Å²) in [5, 5.41) is 0. The van der Waals surface area contributed by atoms with Gasteiger partial charge in [-0.05, 0) is 149 Å². The molecule has 0 aromatic heterocycles. The number of hydrogen-bond acceptors (Lipinski definition) is 6. The van der Waals surface area contributed by atoms with Gasteiger partial charge in [0.1, 0.15) is 0 Å². The molecule has 0 unspecified atom stereocenters. The van der Waals surface area contributed by atoms with E-state index in [1.807, 2.05) is 0 Å². The van der Waals surface area contributed by atoms with E-state index >= 15 is 0 Å². The average Bonchev–Trinajstić information content (AvgIpc) is 4.28. The van der Waals surface area contributed by atoms with E-state index in [1.165, 1.54) is 129 Å². The molecule has 0 radical (unpaired) electrons. The van der Waals surface area contributed by atoms with Crippen LogP contribution in [0.3, 0.4) is 0 Å². The topological polar surface area (TPSA) is 19.4 Å². The molecule has 6 heterocycles. The van der Waals surface area contributed by atoms with Crippen LogP contribution >= 0.6 is 0 Å². The largest absolute Gasteiger partial charge is 0.361 e. The number of fused-ring (bicyclic) bond motifs is 18. The Bertz CT molecular complexity index is 3690. The molecule has 0 bridgehead atoms. The Balaban J connectivity index is 0.721. The molecule has 0 aliphatic carbocycles. The summed E-state index contributed by atoms with van der Waals surface area (Å²) in [4.78, 5) is 14.5. The standard InChI is InChI=1S/C70H58N6/c1-71-42-68-59-21-11-8-18-56(59)62-39-48(30-33-65(62)74(68)45-71)24-27-51-36-52(28-25-49-31-34-66-63(40-49)57-19-9-12-22-60(57)69-43-72(46-75(66)69)54-14-4-2-5-15-54)38-53(37-51)29-26-50-32-35-67-64(41-50)58-20-10-13-23-61(58)70-44-73(47-76(67)70)55-16-6-3-7-17-55/h2-23,30-44H,24-29,45-47H2,1H3. The minimum absolute atomic E-state index is 0.797. The number of anilines is 5. The van der Waals surface area contributed by atoms with Gasteiger partial charge in [-0.2, -0.15) is 0 Å². The van der Waals surface area contributed by atoms with Crippen molar-refractivity contribution in [3.63, 3.8) is 0 Å². The zero-order chi connectivity index (χ0) is 50.3. The van der Waals surface area contributed by atoms with E-state index in [0.717, 1.165) is 58.5 Å². The maximum Gasteiger partial charge on any atom is 0.0996 e. The van der Waals surface area contributed by atoms with Gasteiger partial charge in [0, 0.05) is 70.4 Å². The molecular formula is C70H58N6. The summed E-state index contributed by atoms with van der Waals surface area (Å²) in [6.07, 6.45) is 12.8. The van der Waals surface area contributed by atoms with Gasteiger partial charge in [0.2, 0.25) is 0 Å². The second-order valence-corrected chi connectivity index (χ2v) is 21.5. The van der Waals surface area contributed by atoms with E-state index in [0.29, 0.717) is 0 Å². The van der Waals surface area contributed by atoms with Crippen LogP contribution in [0.1, 0.15) is 50.1 Å². The molecule has 6 aliphatic rings. The molecule has 0 saturated carbocycles. The second-order valence-electron chi connectivity index (χ2n) is 21.5. The fraction of sp³-hybridized carbons (Fsp3) is 0.143. The highest BCUT2D eigenvalue weighted by molar-refractivity contribution is 6.03. The number of aryl methyl sites for hydroxylation is 6. The highest BCUT2D eigenvalue weighted by Gasteiger charge is 2.35. The highest BCUT2D eigenvalue weighted by Crippen LogP contribution is 2.50. The monoisotopic (exact) mass is 982 g/mol. The molecule has 0 N–H and O–H groups in total. The third-order valence-corrected chi connectivity index (χ3v) is 16.7. The summed E-state index contributed by atoms with van der Waals surface area (Å²) in [6.45, 7) is 2.47. The lowest BCUT2D eigenvalue weighted by Crippen LogP contribution is -2.28. The van der Waals surface area contributed by atoms with E-state index in [-0.39, 0.29) is 0 Å². The predicted octanol–water partition coefficient (Wildman–Crippen LogP) is 15.3. The van der Waals surface area contributed by atoms with Crippen LogP contribution < -0.4 is 24.5 Å². The maximum atomic E-state index is 2.51. The minimum atomic E-state index is 0.797. The third kappa shape index (κ3) is 7.70. The first kappa shape index (κ1) is 44.5. The first-order chi connectivity index (χ1) is 37.5. The zero-order valence-electron chi connectivity index (χ0n) is 42.9. The van der Waals surface area contributed by atoms with E-state index in [9.17, 15) is 0 Å². The molecule has 6 heteroatoms. The first-order valence-corrected chi connectivity index (χ1v) is 27.1. The fourth-order valence-electron chi connectivity index (χ4n) is 12.9. The van der Waals surface area contributed by atoms with Gasteiger partial charge >= 0.3 is 0 Å². The molecule has 0 fully saturated rings. The van der Waals surface area contributed by atoms with Crippen LogP contribution in [-0.4, -0.2) is 32.0 Å². The van der Waals surface area contributed by atoms with Crippen molar-refractivity contribution in [2.24, 2.45) is 0 Å². The number of benzene rings is 9. The minimum Gasteiger partial charge on any atom is -0.361 e. The van der Waals surface area contributed by atoms with Crippen LogP contribution in [0, 0.1) is 0 Å². The molecule has 6 nitrogen and oxygen atoms in total. The van der Waals surface area contributed by atoms with E-state index in [2.05, 4.69) is 261 Å². The summed E-state index contributed by atoms with van der Waals surface area (Å²) in [7, 11) is 2.17. The van der Waals surface area contributed by atoms with Crippen LogP contribution in [0.4, 0.5) is 28.4 Å². The van der Waals surface area contributed by atoms with Crippen LogP contribution in [0.5, 0.6) is 0 Å². The number of nitrogens with zero attached hydrogens (tertiary/aromatic N) is 6.